The average molecular weight is 614 g/mol. The number of aromatic carboxylic acids is 1. The minimum atomic E-state index is -0.965. The Labute approximate surface area is 251 Å². The van der Waals surface area contributed by atoms with Crippen molar-refractivity contribution in [2.75, 3.05) is 32.8 Å². The van der Waals surface area contributed by atoms with Gasteiger partial charge < -0.3 is 28.5 Å². The van der Waals surface area contributed by atoms with Crippen molar-refractivity contribution in [3.63, 3.8) is 0 Å². The highest BCUT2D eigenvalue weighted by Gasteiger charge is 2.28. The van der Waals surface area contributed by atoms with Crippen LogP contribution in [0.4, 0.5) is 0 Å². The molecule has 1 atom stereocenters. The Bertz CT molecular complexity index is 1640. The molecule has 4 aromatic rings. The first-order valence-corrected chi connectivity index (χ1v) is 14.4. The molecule has 2 fully saturated rings. The van der Waals surface area contributed by atoms with Crippen molar-refractivity contribution in [2.24, 2.45) is 0 Å². The molecular weight excluding hydrogens is 585 g/mol. The molecule has 42 heavy (non-hydrogen) atoms. The summed E-state index contributed by atoms with van der Waals surface area (Å²) in [6, 6.07) is 8.25. The third-order valence-electron chi connectivity index (χ3n) is 7.58. The monoisotopic (exact) mass is 613 g/mol. The summed E-state index contributed by atoms with van der Waals surface area (Å²) in [4.78, 5) is 37.9. The summed E-state index contributed by atoms with van der Waals surface area (Å²) >= 11 is 12.1. The lowest BCUT2D eigenvalue weighted by molar-refractivity contribution is -0.0592. The molecule has 0 bridgehead atoms. The molecule has 0 aliphatic carbocycles. The maximum Gasteiger partial charge on any atom is 0.335 e. The van der Waals surface area contributed by atoms with Crippen LogP contribution >= 0.6 is 23.2 Å². The van der Waals surface area contributed by atoms with Crippen LogP contribution in [0.15, 0.2) is 40.9 Å². The van der Waals surface area contributed by atoms with Crippen LogP contribution in [0.3, 0.4) is 0 Å². The molecule has 4 heterocycles. The molecule has 11 nitrogen and oxygen atoms in total. The topological polar surface area (TPSA) is 123 Å². The van der Waals surface area contributed by atoms with E-state index in [1.807, 2.05) is 6.92 Å². The third kappa shape index (κ3) is 5.96. The molecule has 2 aromatic carbocycles. The van der Waals surface area contributed by atoms with Crippen LogP contribution in [0, 0.1) is 6.92 Å². The van der Waals surface area contributed by atoms with Crippen molar-refractivity contribution in [1.82, 2.24) is 24.3 Å². The molecule has 0 saturated carbocycles. The first-order valence-electron chi connectivity index (χ1n) is 13.6. The van der Waals surface area contributed by atoms with Gasteiger partial charge in [-0.2, -0.15) is 0 Å². The van der Waals surface area contributed by atoms with Gasteiger partial charge in [-0.05, 0) is 49.2 Å². The quantitative estimate of drug-likeness (QED) is 0.287. The Kier molecular flexibility index (Phi) is 8.09. The molecule has 220 valence electrons. The smallest absolute Gasteiger partial charge is 0.335 e. The van der Waals surface area contributed by atoms with Gasteiger partial charge in [-0.3, -0.25) is 9.69 Å². The number of amides is 1. The maximum atomic E-state index is 13.1. The number of aromatic nitrogens is 3. The van der Waals surface area contributed by atoms with Gasteiger partial charge in [0.15, 0.2) is 6.61 Å². The van der Waals surface area contributed by atoms with Gasteiger partial charge in [0.05, 0.1) is 47.0 Å². The highest BCUT2D eigenvalue weighted by molar-refractivity contribution is 6.35. The lowest BCUT2D eigenvalue weighted by atomic mass is 10.1. The van der Waals surface area contributed by atoms with E-state index in [1.165, 1.54) is 6.20 Å². The summed E-state index contributed by atoms with van der Waals surface area (Å²) in [6.07, 6.45) is 2.46. The molecule has 2 saturated heterocycles. The zero-order valence-electron chi connectivity index (χ0n) is 22.9. The number of ether oxygens (including phenoxy) is 2. The lowest BCUT2D eigenvalue weighted by Crippen LogP contribution is -2.48. The van der Waals surface area contributed by atoms with Gasteiger partial charge in [0, 0.05) is 37.8 Å². The van der Waals surface area contributed by atoms with E-state index in [1.54, 1.807) is 35.2 Å². The molecular formula is C29H29Cl2N5O6. The maximum absolute atomic E-state index is 13.1. The van der Waals surface area contributed by atoms with Crippen LogP contribution in [-0.2, 0) is 24.4 Å². The number of hydrogen-bond acceptors (Lipinski definition) is 8. The van der Waals surface area contributed by atoms with Crippen molar-refractivity contribution in [3.8, 4) is 5.75 Å². The van der Waals surface area contributed by atoms with E-state index < -0.39 is 5.97 Å². The lowest BCUT2D eigenvalue weighted by Gasteiger charge is -2.34. The second-order valence-electron chi connectivity index (χ2n) is 10.4. The van der Waals surface area contributed by atoms with Gasteiger partial charge in [0.2, 0.25) is 11.7 Å². The standard InChI is InChI=1S/C29H29Cl2N5O6/c1-17-10-18(29(38)39)11-22-27(17)33-25(36(22)14-20-4-9-40-20)15-34-5-7-35(8-6-34)28(37)24-13-32-26(42-24)16-41-23-3-2-19(30)12-21(23)31/h2-3,10-13,20H,4-9,14-16H2,1H3,(H,38,39)/t20-/m0/s1. The van der Waals surface area contributed by atoms with E-state index in [9.17, 15) is 14.7 Å². The number of piperazine rings is 1. The number of benzene rings is 2. The number of carbonyl (C=O) groups is 2. The Balaban J connectivity index is 1.09. The highest BCUT2D eigenvalue weighted by atomic mass is 35.5. The highest BCUT2D eigenvalue weighted by Crippen LogP contribution is 2.29. The molecule has 6 rings (SSSR count). The third-order valence-corrected chi connectivity index (χ3v) is 8.11. The van der Waals surface area contributed by atoms with Gasteiger partial charge in [-0.25, -0.2) is 14.8 Å². The Morgan fingerprint density at radius 1 is 1.14 bits per heavy atom. The number of nitrogens with zero attached hydrogens (tertiary/aromatic N) is 5. The summed E-state index contributed by atoms with van der Waals surface area (Å²) in [5.41, 5.74) is 2.66. The SMILES string of the molecule is Cc1cc(C(=O)O)cc2c1nc(CN1CCN(C(=O)c3cnc(COc4ccc(Cl)cc4Cl)o3)CC1)n2C[C@@H]1CCO1. The zero-order valence-corrected chi connectivity index (χ0v) is 24.4. The molecule has 1 N–H and O–H groups in total. The number of imidazole rings is 1. The molecule has 1 amide bonds. The zero-order chi connectivity index (χ0) is 29.4. The van der Waals surface area contributed by atoms with Gasteiger partial charge >= 0.3 is 5.97 Å². The van der Waals surface area contributed by atoms with Crippen LogP contribution in [0.5, 0.6) is 5.75 Å². The van der Waals surface area contributed by atoms with Crippen molar-refractivity contribution < 1.29 is 28.6 Å². The van der Waals surface area contributed by atoms with E-state index in [0.29, 0.717) is 55.1 Å². The van der Waals surface area contributed by atoms with Gasteiger partial charge in [0.1, 0.15) is 11.6 Å². The summed E-state index contributed by atoms with van der Waals surface area (Å²) in [5.74, 6) is 0.507. The molecule has 2 aromatic heterocycles. The Morgan fingerprint density at radius 3 is 2.62 bits per heavy atom. The molecule has 0 unspecified atom stereocenters. The first-order chi connectivity index (χ1) is 20.2. The second-order valence-corrected chi connectivity index (χ2v) is 11.3. The predicted molar refractivity (Wildman–Crippen MR) is 154 cm³/mol. The van der Waals surface area contributed by atoms with Crippen LogP contribution in [-0.4, -0.2) is 80.2 Å². The van der Waals surface area contributed by atoms with E-state index in [2.05, 4.69) is 14.5 Å². The van der Waals surface area contributed by atoms with Crippen molar-refractivity contribution in [3.05, 3.63) is 75.2 Å². The number of halogens is 2. The fourth-order valence-electron chi connectivity index (χ4n) is 5.19. The van der Waals surface area contributed by atoms with Crippen LogP contribution in [0.2, 0.25) is 10.0 Å². The van der Waals surface area contributed by atoms with Crippen LogP contribution < -0.4 is 4.74 Å². The number of carboxylic acid groups (broad SMARTS) is 1. The fraction of sp³-hybridized carbons (Fsp3) is 0.379. The Hall–Kier alpha value is -3.64. The number of rotatable bonds is 9. The summed E-state index contributed by atoms with van der Waals surface area (Å²) in [7, 11) is 0. The summed E-state index contributed by atoms with van der Waals surface area (Å²) in [5, 5.41) is 10.5. The number of carboxylic acids is 1. The number of carbonyl (C=O) groups excluding carboxylic acids is 1. The van der Waals surface area contributed by atoms with Crippen molar-refractivity contribution in [2.45, 2.75) is 39.1 Å². The van der Waals surface area contributed by atoms with Crippen LogP contribution in [0.25, 0.3) is 11.0 Å². The van der Waals surface area contributed by atoms with E-state index >= 15 is 0 Å². The minimum Gasteiger partial charge on any atom is -0.482 e. The molecule has 0 radical (unpaired) electrons. The number of oxazole rings is 1. The number of hydrogen-bond donors (Lipinski definition) is 1. The molecule has 2 aliphatic rings. The summed E-state index contributed by atoms with van der Waals surface area (Å²) in [6.45, 7) is 6.15. The molecule has 0 spiro atoms. The molecule has 2 aliphatic heterocycles. The van der Waals surface area contributed by atoms with Gasteiger partial charge in [-0.1, -0.05) is 23.2 Å². The minimum absolute atomic E-state index is 0.0166. The predicted octanol–water partition coefficient (Wildman–Crippen LogP) is 4.66. The first kappa shape index (κ1) is 28.5. The van der Waals surface area contributed by atoms with Crippen molar-refractivity contribution >= 4 is 46.1 Å². The van der Waals surface area contributed by atoms with Gasteiger partial charge in [0.25, 0.3) is 5.91 Å². The van der Waals surface area contributed by atoms with E-state index in [0.717, 1.165) is 35.4 Å². The number of fused-ring (bicyclic) bond motifs is 1. The largest absolute Gasteiger partial charge is 0.482 e. The van der Waals surface area contributed by atoms with E-state index in [-0.39, 0.29) is 35.8 Å². The summed E-state index contributed by atoms with van der Waals surface area (Å²) < 4.78 is 19.1. The second kappa shape index (κ2) is 11.9. The Morgan fingerprint density at radius 2 is 1.93 bits per heavy atom. The van der Waals surface area contributed by atoms with E-state index in [4.69, 9.17) is 42.1 Å². The van der Waals surface area contributed by atoms with Gasteiger partial charge in [-0.15, -0.1) is 0 Å². The molecule has 13 heteroatoms. The number of aryl methyl sites for hydroxylation is 1. The van der Waals surface area contributed by atoms with Crippen LogP contribution in [0.1, 0.15) is 44.6 Å². The van der Waals surface area contributed by atoms with Crippen molar-refractivity contribution in [1.29, 1.82) is 0 Å². The fourth-order valence-corrected chi connectivity index (χ4v) is 5.66. The average Bonchev–Trinajstić information content (AvgIpc) is 3.55. The normalized spacial score (nSPS) is 17.4.